The first kappa shape index (κ1) is 15.0. The topological polar surface area (TPSA) is 9.23 Å². The minimum atomic E-state index is 0.475. The van der Waals surface area contributed by atoms with Crippen molar-refractivity contribution in [1.29, 1.82) is 0 Å². The van der Waals surface area contributed by atoms with Crippen LogP contribution in [0.3, 0.4) is 0 Å². The smallest absolute Gasteiger partial charge is 0.0547 e. The molecule has 0 heterocycles. The summed E-state index contributed by atoms with van der Waals surface area (Å²) in [5.74, 6) is 0. The van der Waals surface area contributed by atoms with Crippen LogP contribution < -0.4 is 0 Å². The third-order valence-corrected chi connectivity index (χ3v) is 2.86. The molecule has 92 valence electrons. The van der Waals surface area contributed by atoms with Gasteiger partial charge >= 0.3 is 0 Å². The first-order chi connectivity index (χ1) is 7.31. The maximum absolute atomic E-state index is 5.77. The molecular weight excluding hydrogens is 184 g/mol. The van der Waals surface area contributed by atoms with Crippen LogP contribution in [0.2, 0.25) is 0 Å². The van der Waals surface area contributed by atoms with Gasteiger partial charge < -0.3 is 4.74 Å². The molecule has 1 heteroatoms. The standard InChI is InChI=1S/C14H30O/c1-4-6-8-10-12-14(3)15-13-11-9-7-5-2/h14H,4-13H2,1-3H3/t14-/m0/s1. The summed E-state index contributed by atoms with van der Waals surface area (Å²) in [6.07, 6.45) is 12.4. The predicted octanol–water partition coefficient (Wildman–Crippen LogP) is 4.94. The normalized spacial score (nSPS) is 13.0. The molecular formula is C14H30O. The highest BCUT2D eigenvalue weighted by Crippen LogP contribution is 2.08. The Morgan fingerprint density at radius 1 is 0.800 bits per heavy atom. The Bertz CT molecular complexity index is 112. The second-order valence-electron chi connectivity index (χ2n) is 4.59. The summed E-state index contributed by atoms with van der Waals surface area (Å²) in [6, 6.07) is 0. The molecule has 0 fully saturated rings. The van der Waals surface area contributed by atoms with Gasteiger partial charge in [-0.25, -0.2) is 0 Å². The third kappa shape index (κ3) is 11.9. The Morgan fingerprint density at radius 3 is 2.00 bits per heavy atom. The summed E-state index contributed by atoms with van der Waals surface area (Å²) in [5, 5.41) is 0. The molecule has 0 aliphatic heterocycles. The highest BCUT2D eigenvalue weighted by Gasteiger charge is 2.01. The van der Waals surface area contributed by atoms with Crippen molar-refractivity contribution in [2.75, 3.05) is 6.61 Å². The molecule has 1 atom stereocenters. The van der Waals surface area contributed by atoms with Gasteiger partial charge in [0.15, 0.2) is 0 Å². The minimum Gasteiger partial charge on any atom is -0.379 e. The summed E-state index contributed by atoms with van der Waals surface area (Å²) in [6.45, 7) is 7.69. The van der Waals surface area contributed by atoms with Crippen LogP contribution in [0.15, 0.2) is 0 Å². The van der Waals surface area contributed by atoms with E-state index in [9.17, 15) is 0 Å². The number of rotatable bonds is 11. The van der Waals surface area contributed by atoms with Gasteiger partial charge in [0.1, 0.15) is 0 Å². The molecule has 0 radical (unpaired) electrons. The molecule has 0 aromatic carbocycles. The van der Waals surface area contributed by atoms with Crippen LogP contribution in [0.5, 0.6) is 0 Å². The Kier molecular flexibility index (Phi) is 12.0. The Hall–Kier alpha value is -0.0400. The van der Waals surface area contributed by atoms with Gasteiger partial charge in [0.25, 0.3) is 0 Å². The minimum absolute atomic E-state index is 0.475. The van der Waals surface area contributed by atoms with Crippen LogP contribution in [-0.2, 0) is 4.74 Å². The molecule has 0 rings (SSSR count). The van der Waals surface area contributed by atoms with Crippen molar-refractivity contribution in [2.45, 2.75) is 84.7 Å². The van der Waals surface area contributed by atoms with Gasteiger partial charge in [-0.3, -0.25) is 0 Å². The lowest BCUT2D eigenvalue weighted by atomic mass is 10.1. The van der Waals surface area contributed by atoms with Gasteiger partial charge in [-0.1, -0.05) is 58.8 Å². The van der Waals surface area contributed by atoms with E-state index in [1.165, 1.54) is 57.8 Å². The Morgan fingerprint density at radius 2 is 1.40 bits per heavy atom. The van der Waals surface area contributed by atoms with Crippen molar-refractivity contribution in [3.8, 4) is 0 Å². The molecule has 0 aromatic rings. The second kappa shape index (κ2) is 12.0. The molecule has 0 spiro atoms. The SMILES string of the molecule is CCCCCCO[C@@H](C)CCCCCC. The second-order valence-corrected chi connectivity index (χ2v) is 4.59. The fourth-order valence-corrected chi connectivity index (χ4v) is 1.76. The molecule has 1 nitrogen and oxygen atoms in total. The van der Waals surface area contributed by atoms with E-state index in [2.05, 4.69) is 20.8 Å². The van der Waals surface area contributed by atoms with Gasteiger partial charge in [-0.05, 0) is 19.8 Å². The molecule has 0 N–H and O–H groups in total. The lowest BCUT2D eigenvalue weighted by molar-refractivity contribution is 0.0558. The van der Waals surface area contributed by atoms with Crippen LogP contribution in [-0.4, -0.2) is 12.7 Å². The van der Waals surface area contributed by atoms with Crippen molar-refractivity contribution < 1.29 is 4.74 Å². The summed E-state index contributed by atoms with van der Waals surface area (Å²) in [5.41, 5.74) is 0. The van der Waals surface area contributed by atoms with Crippen LogP contribution in [0.4, 0.5) is 0 Å². The molecule has 0 aliphatic carbocycles. The van der Waals surface area contributed by atoms with E-state index in [4.69, 9.17) is 4.74 Å². The quantitative estimate of drug-likeness (QED) is 0.442. The largest absolute Gasteiger partial charge is 0.379 e. The van der Waals surface area contributed by atoms with Crippen molar-refractivity contribution in [2.24, 2.45) is 0 Å². The van der Waals surface area contributed by atoms with Gasteiger partial charge in [-0.15, -0.1) is 0 Å². The van der Waals surface area contributed by atoms with Crippen LogP contribution in [0.25, 0.3) is 0 Å². The number of ether oxygens (including phenoxy) is 1. The highest BCUT2D eigenvalue weighted by atomic mass is 16.5. The molecule has 15 heavy (non-hydrogen) atoms. The Labute approximate surface area is 96.6 Å². The van der Waals surface area contributed by atoms with E-state index >= 15 is 0 Å². The summed E-state index contributed by atoms with van der Waals surface area (Å²) in [7, 11) is 0. The predicted molar refractivity (Wildman–Crippen MR) is 68.3 cm³/mol. The van der Waals surface area contributed by atoms with E-state index in [-0.39, 0.29) is 0 Å². The number of hydrogen-bond donors (Lipinski definition) is 0. The molecule has 0 saturated carbocycles. The monoisotopic (exact) mass is 214 g/mol. The Balaban J connectivity index is 3.08. The van der Waals surface area contributed by atoms with E-state index in [0.717, 1.165) is 6.61 Å². The highest BCUT2D eigenvalue weighted by molar-refractivity contribution is 4.52. The third-order valence-electron chi connectivity index (χ3n) is 2.86. The zero-order chi connectivity index (χ0) is 11.4. The molecule has 0 aromatic heterocycles. The average Bonchev–Trinajstić information content (AvgIpc) is 2.24. The van der Waals surface area contributed by atoms with Gasteiger partial charge in [0, 0.05) is 6.61 Å². The summed E-state index contributed by atoms with van der Waals surface area (Å²) < 4.78 is 5.77. The first-order valence-electron chi connectivity index (χ1n) is 6.92. The van der Waals surface area contributed by atoms with E-state index < -0.39 is 0 Å². The lowest BCUT2D eigenvalue weighted by Crippen LogP contribution is -2.09. The average molecular weight is 214 g/mol. The fourth-order valence-electron chi connectivity index (χ4n) is 1.76. The fraction of sp³-hybridized carbons (Fsp3) is 1.00. The van der Waals surface area contributed by atoms with Crippen LogP contribution in [0.1, 0.15) is 78.6 Å². The van der Waals surface area contributed by atoms with E-state index in [0.29, 0.717) is 6.10 Å². The van der Waals surface area contributed by atoms with E-state index in [1.54, 1.807) is 0 Å². The van der Waals surface area contributed by atoms with Gasteiger partial charge in [0.05, 0.1) is 6.10 Å². The molecule has 0 saturated heterocycles. The van der Waals surface area contributed by atoms with Crippen LogP contribution in [0, 0.1) is 0 Å². The molecule has 0 unspecified atom stereocenters. The van der Waals surface area contributed by atoms with Crippen molar-refractivity contribution in [3.05, 3.63) is 0 Å². The molecule has 0 bridgehead atoms. The lowest BCUT2D eigenvalue weighted by Gasteiger charge is -2.12. The van der Waals surface area contributed by atoms with E-state index in [1.807, 2.05) is 0 Å². The van der Waals surface area contributed by atoms with Gasteiger partial charge in [-0.2, -0.15) is 0 Å². The van der Waals surface area contributed by atoms with Crippen molar-refractivity contribution in [3.63, 3.8) is 0 Å². The maximum Gasteiger partial charge on any atom is 0.0547 e. The molecule has 0 aliphatic rings. The van der Waals surface area contributed by atoms with Crippen molar-refractivity contribution >= 4 is 0 Å². The molecule has 0 amide bonds. The first-order valence-corrected chi connectivity index (χ1v) is 6.92. The van der Waals surface area contributed by atoms with Crippen molar-refractivity contribution in [1.82, 2.24) is 0 Å². The zero-order valence-corrected chi connectivity index (χ0v) is 11.1. The van der Waals surface area contributed by atoms with Crippen LogP contribution >= 0.6 is 0 Å². The zero-order valence-electron chi connectivity index (χ0n) is 11.1. The number of unbranched alkanes of at least 4 members (excludes halogenated alkanes) is 6. The number of hydrogen-bond acceptors (Lipinski definition) is 1. The summed E-state index contributed by atoms with van der Waals surface area (Å²) >= 11 is 0. The summed E-state index contributed by atoms with van der Waals surface area (Å²) in [4.78, 5) is 0. The maximum atomic E-state index is 5.77. The van der Waals surface area contributed by atoms with Gasteiger partial charge in [0.2, 0.25) is 0 Å².